The van der Waals surface area contributed by atoms with Crippen molar-refractivity contribution in [2.24, 2.45) is 11.8 Å². The third kappa shape index (κ3) is 6.07. The predicted octanol–water partition coefficient (Wildman–Crippen LogP) is 1.95. The highest BCUT2D eigenvalue weighted by Crippen LogP contribution is 2.23. The zero-order valence-electron chi connectivity index (χ0n) is 18.1. The molecule has 0 fully saturated rings. The number of aliphatic carboxylic acids is 1. The van der Waals surface area contributed by atoms with Gasteiger partial charge in [-0.25, -0.2) is 0 Å². The number of amides is 2. The van der Waals surface area contributed by atoms with E-state index in [1.165, 1.54) is 0 Å². The van der Waals surface area contributed by atoms with Crippen molar-refractivity contribution < 1.29 is 24.2 Å². The maximum absolute atomic E-state index is 12.9. The molecule has 0 saturated carbocycles. The van der Waals surface area contributed by atoms with Gasteiger partial charge in [-0.1, -0.05) is 32.0 Å². The molecular formula is C23H31N3O5. The van der Waals surface area contributed by atoms with Crippen LogP contribution in [0.4, 0.5) is 0 Å². The van der Waals surface area contributed by atoms with Crippen molar-refractivity contribution in [3.8, 4) is 0 Å². The number of para-hydroxylation sites is 1. The van der Waals surface area contributed by atoms with Crippen LogP contribution in [0.3, 0.4) is 0 Å². The summed E-state index contributed by atoms with van der Waals surface area (Å²) >= 11 is 0. The maximum Gasteiger partial charge on any atom is 0.304 e. The number of carbonyl (C=O) groups is 3. The molecule has 3 N–H and O–H groups in total. The van der Waals surface area contributed by atoms with Gasteiger partial charge in [0.15, 0.2) is 0 Å². The predicted molar refractivity (Wildman–Crippen MR) is 117 cm³/mol. The molecule has 2 amide bonds. The number of ether oxygens (including phenoxy) is 1. The quantitative estimate of drug-likeness (QED) is 0.650. The Morgan fingerprint density at radius 1 is 1.29 bits per heavy atom. The van der Waals surface area contributed by atoms with Crippen LogP contribution in [0.1, 0.15) is 32.3 Å². The van der Waals surface area contributed by atoms with Crippen molar-refractivity contribution in [1.82, 2.24) is 15.2 Å². The van der Waals surface area contributed by atoms with Crippen LogP contribution < -0.4 is 10.6 Å². The Balaban J connectivity index is 1.88. The summed E-state index contributed by atoms with van der Waals surface area (Å²) < 4.78 is 7.73. The zero-order chi connectivity index (χ0) is 22.4. The second-order valence-corrected chi connectivity index (χ2v) is 8.46. The molecule has 0 radical (unpaired) electrons. The Labute approximate surface area is 181 Å². The zero-order valence-corrected chi connectivity index (χ0v) is 18.1. The van der Waals surface area contributed by atoms with Gasteiger partial charge in [0.2, 0.25) is 11.8 Å². The van der Waals surface area contributed by atoms with E-state index in [4.69, 9.17) is 4.74 Å². The molecule has 0 aliphatic carbocycles. The molecule has 2 aromatic rings. The van der Waals surface area contributed by atoms with Gasteiger partial charge in [0.1, 0.15) is 6.04 Å². The molecule has 8 nitrogen and oxygen atoms in total. The average molecular weight is 430 g/mol. The summed E-state index contributed by atoms with van der Waals surface area (Å²) in [5.74, 6) is -2.24. The number of fused-ring (bicyclic) bond motifs is 5. The van der Waals surface area contributed by atoms with E-state index in [-0.39, 0.29) is 18.2 Å². The van der Waals surface area contributed by atoms with E-state index in [0.29, 0.717) is 39.1 Å². The van der Waals surface area contributed by atoms with Crippen LogP contribution in [0.5, 0.6) is 0 Å². The number of hydrogen-bond donors (Lipinski definition) is 3. The largest absolute Gasteiger partial charge is 0.481 e. The number of carboxylic acid groups (broad SMARTS) is 1. The first-order valence-electron chi connectivity index (χ1n) is 10.8. The lowest BCUT2D eigenvalue weighted by atomic mass is 9.92. The average Bonchev–Trinajstić information content (AvgIpc) is 3.05. The summed E-state index contributed by atoms with van der Waals surface area (Å²) in [5, 5.41) is 15.9. The van der Waals surface area contributed by atoms with Crippen LogP contribution >= 0.6 is 0 Å². The summed E-state index contributed by atoms with van der Waals surface area (Å²) in [6.45, 7) is 5.86. The Bertz CT molecular complexity index is 936. The lowest BCUT2D eigenvalue weighted by molar-refractivity contribution is -0.141. The highest BCUT2D eigenvalue weighted by atomic mass is 16.5. The molecule has 8 heteroatoms. The highest BCUT2D eigenvalue weighted by Gasteiger charge is 2.29. The summed E-state index contributed by atoms with van der Waals surface area (Å²) in [6, 6.07) is 7.15. The van der Waals surface area contributed by atoms with Gasteiger partial charge in [0.05, 0.1) is 19.6 Å². The molecule has 1 aliphatic rings. The summed E-state index contributed by atoms with van der Waals surface area (Å²) in [6.07, 6.45) is 2.52. The van der Waals surface area contributed by atoms with Gasteiger partial charge in [-0.3, -0.25) is 14.4 Å². The molecule has 2 bridgehead atoms. The van der Waals surface area contributed by atoms with Crippen molar-refractivity contribution in [3.05, 3.63) is 36.0 Å². The summed E-state index contributed by atoms with van der Waals surface area (Å²) in [5.41, 5.74) is 2.00. The van der Waals surface area contributed by atoms with Gasteiger partial charge in [0.25, 0.3) is 0 Å². The van der Waals surface area contributed by atoms with Crippen LogP contribution in [-0.4, -0.2) is 53.3 Å². The number of benzene rings is 1. The molecule has 168 valence electrons. The van der Waals surface area contributed by atoms with Gasteiger partial charge in [-0.2, -0.15) is 0 Å². The molecule has 31 heavy (non-hydrogen) atoms. The second-order valence-electron chi connectivity index (χ2n) is 8.46. The number of carboxylic acids is 1. The minimum Gasteiger partial charge on any atom is -0.481 e. The number of nitrogens with one attached hydrogen (secondary N) is 2. The molecule has 1 aromatic heterocycles. The highest BCUT2D eigenvalue weighted by molar-refractivity contribution is 5.91. The molecule has 0 spiro atoms. The van der Waals surface area contributed by atoms with Gasteiger partial charge in [-0.15, -0.1) is 0 Å². The van der Waals surface area contributed by atoms with Gasteiger partial charge < -0.3 is 25.0 Å². The van der Waals surface area contributed by atoms with Crippen molar-refractivity contribution in [2.75, 3.05) is 19.8 Å². The Morgan fingerprint density at radius 2 is 2.06 bits per heavy atom. The van der Waals surface area contributed by atoms with Crippen LogP contribution in [-0.2, 0) is 32.1 Å². The van der Waals surface area contributed by atoms with Gasteiger partial charge >= 0.3 is 5.97 Å². The summed E-state index contributed by atoms with van der Waals surface area (Å²) in [7, 11) is 0. The molecule has 2 atom stereocenters. The first-order chi connectivity index (χ1) is 14.8. The lowest BCUT2D eigenvalue weighted by Gasteiger charge is -2.23. The first kappa shape index (κ1) is 22.8. The number of rotatable bonds is 6. The van der Waals surface area contributed by atoms with Crippen LogP contribution in [0.15, 0.2) is 30.5 Å². The summed E-state index contributed by atoms with van der Waals surface area (Å²) in [4.78, 5) is 37.1. The fourth-order valence-corrected chi connectivity index (χ4v) is 4.09. The van der Waals surface area contributed by atoms with Gasteiger partial charge in [-0.05, 0) is 24.0 Å². The number of aromatic nitrogens is 1. The SMILES string of the molecule is CC(C)C[C@H](CC(=O)O)C(=O)N[C@H]1Cc2cn(c3ccccc23)CCOCCNC1=O. The molecule has 3 rings (SSSR count). The molecular weight excluding hydrogens is 398 g/mol. The minimum absolute atomic E-state index is 0.162. The van der Waals surface area contributed by atoms with E-state index in [1.54, 1.807) is 0 Å². The van der Waals surface area contributed by atoms with Crippen molar-refractivity contribution in [3.63, 3.8) is 0 Å². The Kier molecular flexibility index (Phi) is 7.68. The van der Waals surface area contributed by atoms with Crippen molar-refractivity contribution in [2.45, 2.75) is 45.7 Å². The fraction of sp³-hybridized carbons (Fsp3) is 0.522. The monoisotopic (exact) mass is 429 g/mol. The molecule has 2 heterocycles. The maximum atomic E-state index is 12.9. The van der Waals surface area contributed by atoms with E-state index >= 15 is 0 Å². The second kappa shape index (κ2) is 10.4. The third-order valence-corrected chi connectivity index (χ3v) is 5.50. The third-order valence-electron chi connectivity index (χ3n) is 5.50. The Morgan fingerprint density at radius 3 is 2.81 bits per heavy atom. The van der Waals surface area contributed by atoms with E-state index in [9.17, 15) is 19.5 Å². The number of hydrogen-bond acceptors (Lipinski definition) is 4. The van der Waals surface area contributed by atoms with E-state index < -0.39 is 23.8 Å². The van der Waals surface area contributed by atoms with Gasteiger partial charge in [0, 0.05) is 42.5 Å². The fourth-order valence-electron chi connectivity index (χ4n) is 4.09. The van der Waals surface area contributed by atoms with Crippen LogP contribution in [0, 0.1) is 11.8 Å². The lowest BCUT2D eigenvalue weighted by Crippen LogP contribution is -2.50. The number of carbonyl (C=O) groups excluding carboxylic acids is 2. The smallest absolute Gasteiger partial charge is 0.304 e. The standard InChI is InChI=1S/C23H31N3O5/c1-15(2)11-16(13-21(27)28)22(29)25-19-12-17-14-26(20-6-4-3-5-18(17)20)8-10-31-9-7-24-23(19)30/h3-6,14-16,19H,7-13H2,1-2H3,(H,24,30)(H,25,29)(H,27,28)/t16-,19+/m1/s1. The minimum atomic E-state index is -1.02. The van der Waals surface area contributed by atoms with Crippen molar-refractivity contribution >= 4 is 28.7 Å². The van der Waals surface area contributed by atoms with Crippen molar-refractivity contribution in [1.29, 1.82) is 0 Å². The first-order valence-corrected chi connectivity index (χ1v) is 10.8. The van der Waals surface area contributed by atoms with E-state index in [0.717, 1.165) is 16.5 Å². The molecule has 1 aliphatic heterocycles. The van der Waals surface area contributed by atoms with Crippen LogP contribution in [0.25, 0.3) is 10.9 Å². The van der Waals surface area contributed by atoms with Crippen LogP contribution in [0.2, 0.25) is 0 Å². The van der Waals surface area contributed by atoms with E-state index in [1.807, 2.05) is 44.3 Å². The van der Waals surface area contributed by atoms with E-state index in [2.05, 4.69) is 15.2 Å². The number of nitrogens with zero attached hydrogens (tertiary/aromatic N) is 1. The molecule has 0 unspecified atom stereocenters. The molecule has 1 aromatic carbocycles. The topological polar surface area (TPSA) is 110 Å². The Hall–Kier alpha value is -2.87. The molecule has 0 saturated heterocycles. The normalized spacial score (nSPS) is 18.7.